The van der Waals surface area contributed by atoms with Crippen molar-refractivity contribution in [1.29, 1.82) is 0 Å². The normalized spacial score (nSPS) is 15.0. The van der Waals surface area contributed by atoms with Gasteiger partial charge in [-0.3, -0.25) is 0 Å². The largest absolute Gasteiger partial charge is 0.248 e. The van der Waals surface area contributed by atoms with E-state index in [9.17, 15) is 8.78 Å². The molecule has 0 heterocycles. The van der Waals surface area contributed by atoms with Crippen molar-refractivity contribution in [3.8, 4) is 0 Å². The molecule has 0 aliphatic carbocycles. The van der Waals surface area contributed by atoms with E-state index in [1.54, 1.807) is 0 Å². The van der Waals surface area contributed by atoms with Crippen molar-refractivity contribution in [3.63, 3.8) is 0 Å². The summed E-state index contributed by atoms with van der Waals surface area (Å²) < 4.78 is 28.9. The van der Waals surface area contributed by atoms with Gasteiger partial charge in [-0.15, -0.1) is 0 Å². The van der Waals surface area contributed by atoms with Gasteiger partial charge in [0.1, 0.15) is 0 Å². The molecule has 0 saturated carbocycles. The molecule has 2 heteroatoms. The van der Waals surface area contributed by atoms with Crippen LogP contribution in [-0.4, -0.2) is 5.92 Å². The highest BCUT2D eigenvalue weighted by molar-refractivity contribution is 4.80. The number of alkyl halides is 2. The fourth-order valence-corrected chi connectivity index (χ4v) is 3.29. The first-order chi connectivity index (χ1) is 10.5. The second kappa shape index (κ2) is 9.99. The van der Waals surface area contributed by atoms with E-state index in [2.05, 4.69) is 27.7 Å². The molecular weight excluding hydrogens is 290 g/mol. The van der Waals surface area contributed by atoms with E-state index < -0.39 is 5.92 Å². The standard InChI is InChI=1S/C21H42F2/c1-8-13-18(14-11-12-15-19(4,5)9-2)16-21(22,23)17-20(6,7)10-3/h18H,8-17H2,1-7H3. The summed E-state index contributed by atoms with van der Waals surface area (Å²) in [6, 6.07) is 0. The second-order valence-electron chi connectivity index (χ2n) is 9.17. The lowest BCUT2D eigenvalue weighted by Crippen LogP contribution is -2.28. The van der Waals surface area contributed by atoms with Gasteiger partial charge in [-0.25, -0.2) is 8.78 Å². The first-order valence-corrected chi connectivity index (χ1v) is 9.85. The zero-order valence-electron chi connectivity index (χ0n) is 16.9. The smallest absolute Gasteiger partial charge is 0.207 e. The monoisotopic (exact) mass is 332 g/mol. The average Bonchev–Trinajstić information content (AvgIpc) is 2.42. The van der Waals surface area contributed by atoms with Gasteiger partial charge >= 0.3 is 0 Å². The van der Waals surface area contributed by atoms with Crippen LogP contribution in [0.2, 0.25) is 0 Å². The maximum atomic E-state index is 14.4. The molecule has 0 aliphatic rings. The van der Waals surface area contributed by atoms with E-state index >= 15 is 0 Å². The Balaban J connectivity index is 4.39. The molecule has 0 rings (SSSR count). The molecule has 1 unspecified atom stereocenters. The minimum atomic E-state index is -2.51. The Labute approximate surface area is 144 Å². The van der Waals surface area contributed by atoms with E-state index in [0.29, 0.717) is 5.41 Å². The number of hydrogen-bond donors (Lipinski definition) is 0. The summed E-state index contributed by atoms with van der Waals surface area (Å²) in [5.41, 5.74) is 0.140. The van der Waals surface area contributed by atoms with E-state index in [4.69, 9.17) is 0 Å². The first-order valence-electron chi connectivity index (χ1n) is 9.85. The van der Waals surface area contributed by atoms with Crippen molar-refractivity contribution in [2.75, 3.05) is 0 Å². The SMILES string of the molecule is CCCC(CCCCC(C)(C)CC)CC(F)(F)CC(C)(C)CC. The van der Waals surface area contributed by atoms with Crippen LogP contribution in [0.25, 0.3) is 0 Å². The van der Waals surface area contributed by atoms with Gasteiger partial charge in [0.25, 0.3) is 0 Å². The second-order valence-corrected chi connectivity index (χ2v) is 9.17. The van der Waals surface area contributed by atoms with Crippen molar-refractivity contribution in [2.45, 2.75) is 119 Å². The van der Waals surface area contributed by atoms with E-state index in [1.165, 1.54) is 19.3 Å². The van der Waals surface area contributed by atoms with E-state index in [1.807, 2.05) is 20.8 Å². The molecule has 23 heavy (non-hydrogen) atoms. The third-order valence-electron chi connectivity index (χ3n) is 5.65. The summed E-state index contributed by atoms with van der Waals surface area (Å²) in [4.78, 5) is 0. The molecule has 140 valence electrons. The Kier molecular flexibility index (Phi) is 9.93. The minimum Gasteiger partial charge on any atom is -0.207 e. The molecule has 0 bridgehead atoms. The summed E-state index contributed by atoms with van der Waals surface area (Å²) >= 11 is 0. The Hall–Kier alpha value is -0.140. The summed E-state index contributed by atoms with van der Waals surface area (Å²) in [5.74, 6) is -2.32. The van der Waals surface area contributed by atoms with Crippen molar-refractivity contribution in [3.05, 3.63) is 0 Å². The van der Waals surface area contributed by atoms with Crippen LogP contribution in [0.3, 0.4) is 0 Å². The molecule has 0 fully saturated rings. The lowest BCUT2D eigenvalue weighted by Gasteiger charge is -2.31. The van der Waals surface area contributed by atoms with E-state index in [0.717, 1.165) is 32.1 Å². The van der Waals surface area contributed by atoms with Crippen LogP contribution >= 0.6 is 0 Å². The highest BCUT2D eigenvalue weighted by Gasteiger charge is 2.37. The van der Waals surface area contributed by atoms with Crippen LogP contribution in [0, 0.1) is 16.7 Å². The lowest BCUT2D eigenvalue weighted by molar-refractivity contribution is -0.0612. The number of unbranched alkanes of at least 4 members (excludes halogenated alkanes) is 1. The average molecular weight is 333 g/mol. The summed E-state index contributed by atoms with van der Waals surface area (Å²) in [6.45, 7) is 14.9. The third-order valence-corrected chi connectivity index (χ3v) is 5.65. The van der Waals surface area contributed by atoms with Crippen LogP contribution in [0.1, 0.15) is 113 Å². The Bertz CT molecular complexity index is 305. The van der Waals surface area contributed by atoms with Crippen molar-refractivity contribution in [2.24, 2.45) is 16.7 Å². The van der Waals surface area contributed by atoms with Crippen LogP contribution < -0.4 is 0 Å². The molecule has 0 radical (unpaired) electrons. The topological polar surface area (TPSA) is 0 Å². The highest BCUT2D eigenvalue weighted by Crippen LogP contribution is 2.40. The van der Waals surface area contributed by atoms with Gasteiger partial charge in [0.2, 0.25) is 5.92 Å². The van der Waals surface area contributed by atoms with Crippen molar-refractivity contribution >= 4 is 0 Å². The summed E-state index contributed by atoms with van der Waals surface area (Å²) in [7, 11) is 0. The molecule has 1 atom stereocenters. The molecule has 0 aromatic rings. The van der Waals surface area contributed by atoms with Crippen molar-refractivity contribution < 1.29 is 8.78 Å². The number of rotatable bonds is 13. The maximum absolute atomic E-state index is 14.4. The first kappa shape index (κ1) is 22.9. The molecule has 0 aliphatic heterocycles. The zero-order valence-corrected chi connectivity index (χ0v) is 16.9. The Morgan fingerprint density at radius 1 is 0.783 bits per heavy atom. The van der Waals surface area contributed by atoms with Gasteiger partial charge in [0.05, 0.1) is 0 Å². The minimum absolute atomic E-state index is 0.0274. The van der Waals surface area contributed by atoms with Gasteiger partial charge in [-0.05, 0) is 23.2 Å². The molecule has 0 aromatic carbocycles. The summed E-state index contributed by atoms with van der Waals surface area (Å²) in [5, 5.41) is 0. The van der Waals surface area contributed by atoms with Crippen LogP contribution in [-0.2, 0) is 0 Å². The van der Waals surface area contributed by atoms with Crippen LogP contribution in [0.4, 0.5) is 8.78 Å². The predicted octanol–water partition coefficient (Wildman–Crippen LogP) is 8.25. The molecule has 0 aromatic heterocycles. The zero-order chi connectivity index (χ0) is 18.1. The van der Waals surface area contributed by atoms with Gasteiger partial charge in [0, 0.05) is 12.8 Å². The molecule has 0 saturated heterocycles. The predicted molar refractivity (Wildman–Crippen MR) is 99.2 cm³/mol. The quantitative estimate of drug-likeness (QED) is 0.298. The fraction of sp³-hybridized carbons (Fsp3) is 1.00. The summed E-state index contributed by atoms with van der Waals surface area (Å²) in [6.07, 6.45) is 8.52. The Morgan fingerprint density at radius 3 is 1.83 bits per heavy atom. The fourth-order valence-electron chi connectivity index (χ4n) is 3.29. The Morgan fingerprint density at radius 2 is 1.35 bits per heavy atom. The van der Waals surface area contributed by atoms with Gasteiger partial charge < -0.3 is 0 Å². The number of halogens is 2. The van der Waals surface area contributed by atoms with Crippen LogP contribution in [0.5, 0.6) is 0 Å². The van der Waals surface area contributed by atoms with Gasteiger partial charge in [0.15, 0.2) is 0 Å². The molecule has 0 N–H and O–H groups in total. The van der Waals surface area contributed by atoms with Gasteiger partial charge in [-0.2, -0.15) is 0 Å². The van der Waals surface area contributed by atoms with Crippen LogP contribution in [0.15, 0.2) is 0 Å². The highest BCUT2D eigenvalue weighted by atomic mass is 19.3. The molecular formula is C21H42F2. The van der Waals surface area contributed by atoms with Crippen molar-refractivity contribution in [1.82, 2.24) is 0 Å². The van der Waals surface area contributed by atoms with Gasteiger partial charge in [-0.1, -0.05) is 93.4 Å². The molecule has 0 amide bonds. The maximum Gasteiger partial charge on any atom is 0.248 e. The molecule has 0 spiro atoms. The number of hydrogen-bond acceptors (Lipinski definition) is 0. The third kappa shape index (κ3) is 11.1. The molecule has 0 nitrogen and oxygen atoms in total. The van der Waals surface area contributed by atoms with E-state index in [-0.39, 0.29) is 24.2 Å². The lowest BCUT2D eigenvalue weighted by atomic mass is 9.79.